The van der Waals surface area contributed by atoms with Gasteiger partial charge in [-0.3, -0.25) is 0 Å². The van der Waals surface area contributed by atoms with Crippen LogP contribution in [-0.2, 0) is 0 Å². The first-order valence-electron chi connectivity index (χ1n) is 4.78. The Morgan fingerprint density at radius 3 is 1.00 bits per heavy atom. The minimum Gasteiger partial charge on any atom is -0.400 e. The fourth-order valence-corrected chi connectivity index (χ4v) is 0.500. The molecule has 0 saturated carbocycles. The maximum Gasteiger partial charge on any atom is 0.0319 e. The van der Waals surface area contributed by atoms with E-state index in [0.29, 0.717) is 0 Å². The summed E-state index contributed by atoms with van der Waals surface area (Å²) in [6.07, 6.45) is 6.79. The van der Waals surface area contributed by atoms with Gasteiger partial charge in [0.1, 0.15) is 0 Å². The van der Waals surface area contributed by atoms with Crippen molar-refractivity contribution < 1.29 is 5.11 Å². The Hall–Kier alpha value is -0.0400. The minimum atomic E-state index is 1.00. The summed E-state index contributed by atoms with van der Waals surface area (Å²) in [7, 11) is 1.00. The minimum absolute atomic E-state index is 1.00. The molecule has 0 saturated heterocycles. The van der Waals surface area contributed by atoms with Gasteiger partial charge < -0.3 is 5.11 Å². The molecule has 0 heterocycles. The van der Waals surface area contributed by atoms with E-state index in [1.165, 1.54) is 32.1 Å². The van der Waals surface area contributed by atoms with E-state index in [0.717, 1.165) is 7.11 Å². The van der Waals surface area contributed by atoms with Crippen LogP contribution in [0.2, 0.25) is 0 Å². The van der Waals surface area contributed by atoms with Crippen LogP contribution in [-0.4, -0.2) is 12.2 Å². The molecule has 0 aromatic carbocycles. The zero-order chi connectivity index (χ0) is 9.54. The zero-order valence-electron chi connectivity index (χ0n) is 8.98. The highest BCUT2D eigenvalue weighted by atomic mass is 16.2. The van der Waals surface area contributed by atoms with E-state index in [1.54, 1.807) is 0 Å². The summed E-state index contributed by atoms with van der Waals surface area (Å²) in [4.78, 5) is 0. The normalized spacial score (nSPS) is 7.09. The zero-order valence-corrected chi connectivity index (χ0v) is 8.98. The molecule has 1 nitrogen and oxygen atoms in total. The second kappa shape index (κ2) is 32.5. The summed E-state index contributed by atoms with van der Waals surface area (Å²) in [6, 6.07) is 0. The topological polar surface area (TPSA) is 20.2 Å². The number of hydrogen-bond acceptors (Lipinski definition) is 1. The Morgan fingerprint density at radius 1 is 0.727 bits per heavy atom. The lowest BCUT2D eigenvalue weighted by Crippen LogP contribution is -1.66. The second-order valence-electron chi connectivity index (χ2n) is 2.41. The third-order valence-corrected chi connectivity index (χ3v) is 0.957. The van der Waals surface area contributed by atoms with Gasteiger partial charge in [0.15, 0.2) is 0 Å². The Morgan fingerprint density at radius 2 is 0.909 bits per heavy atom. The van der Waals surface area contributed by atoms with Gasteiger partial charge in [-0.25, -0.2) is 0 Å². The maximum atomic E-state index is 7.00. The molecule has 0 bridgehead atoms. The Balaban J connectivity index is -0.000000109. The van der Waals surface area contributed by atoms with Gasteiger partial charge in [0, 0.05) is 7.11 Å². The molecular weight excluding hydrogens is 136 g/mol. The summed E-state index contributed by atoms with van der Waals surface area (Å²) in [6.45, 7) is 8.71. The van der Waals surface area contributed by atoms with Crippen LogP contribution in [0.5, 0.6) is 0 Å². The van der Waals surface area contributed by atoms with E-state index in [4.69, 9.17) is 5.11 Å². The van der Waals surface area contributed by atoms with Crippen molar-refractivity contribution in [1.29, 1.82) is 0 Å². The maximum absolute atomic E-state index is 7.00. The average Bonchev–Trinajstić information content (AvgIpc) is 2.06. The predicted molar refractivity (Wildman–Crippen MR) is 53.9 cm³/mol. The first kappa shape index (κ1) is 17.2. The number of aliphatic hydroxyl groups excluding tert-OH is 1. The van der Waals surface area contributed by atoms with Crippen LogP contribution in [0.3, 0.4) is 0 Å². The van der Waals surface area contributed by atoms with Crippen LogP contribution >= 0.6 is 0 Å². The predicted octanol–water partition coefficient (Wildman–Crippen LogP) is 3.61. The lowest BCUT2D eigenvalue weighted by atomic mass is 10.2. The van der Waals surface area contributed by atoms with Crippen LogP contribution in [0.25, 0.3) is 0 Å². The van der Waals surface area contributed by atoms with Crippen molar-refractivity contribution in [2.75, 3.05) is 7.11 Å². The van der Waals surface area contributed by atoms with Crippen molar-refractivity contribution in [3.05, 3.63) is 0 Å². The molecule has 72 valence electrons. The van der Waals surface area contributed by atoms with Crippen molar-refractivity contribution in [2.24, 2.45) is 0 Å². The molecule has 11 heavy (non-hydrogen) atoms. The Bertz CT molecular complexity index is 24.1. The average molecular weight is 162 g/mol. The molecule has 0 atom stereocenters. The van der Waals surface area contributed by atoms with Crippen LogP contribution in [0, 0.1) is 0 Å². The van der Waals surface area contributed by atoms with Crippen molar-refractivity contribution in [3.8, 4) is 0 Å². The molecule has 0 amide bonds. The van der Waals surface area contributed by atoms with Crippen LogP contribution in [0.15, 0.2) is 0 Å². The van der Waals surface area contributed by atoms with Crippen molar-refractivity contribution in [2.45, 2.75) is 59.8 Å². The SMILES string of the molecule is CCC.CCCCCC.CO. The molecule has 1 heteroatoms. The molecule has 0 aliphatic carbocycles. The van der Waals surface area contributed by atoms with Gasteiger partial charge in [0.25, 0.3) is 0 Å². The van der Waals surface area contributed by atoms with Gasteiger partial charge in [-0.05, 0) is 0 Å². The monoisotopic (exact) mass is 162 g/mol. The largest absolute Gasteiger partial charge is 0.400 e. The van der Waals surface area contributed by atoms with Gasteiger partial charge >= 0.3 is 0 Å². The van der Waals surface area contributed by atoms with E-state index >= 15 is 0 Å². The molecule has 0 aliphatic rings. The van der Waals surface area contributed by atoms with E-state index in [9.17, 15) is 0 Å². The van der Waals surface area contributed by atoms with Gasteiger partial charge in [-0.15, -0.1) is 0 Å². The Labute approximate surface area is 72.8 Å². The molecule has 0 aliphatic heterocycles. The van der Waals surface area contributed by atoms with Crippen LogP contribution in [0.1, 0.15) is 59.8 Å². The smallest absolute Gasteiger partial charge is 0.0319 e. The van der Waals surface area contributed by atoms with Crippen LogP contribution < -0.4 is 0 Å². The highest BCUT2D eigenvalue weighted by molar-refractivity contribution is 4.31. The third-order valence-electron chi connectivity index (χ3n) is 0.957. The lowest BCUT2D eigenvalue weighted by Gasteiger charge is -1.86. The molecule has 0 radical (unpaired) electrons. The summed E-state index contributed by atoms with van der Waals surface area (Å²) in [5.41, 5.74) is 0. The van der Waals surface area contributed by atoms with E-state index in [2.05, 4.69) is 27.7 Å². The standard InChI is InChI=1S/C6H14.C3H8.CH4O/c1-3-5-6-4-2;1-3-2;1-2/h3-6H2,1-2H3;3H2,1-2H3;2H,1H3. The summed E-state index contributed by atoms with van der Waals surface area (Å²) < 4.78 is 0. The fourth-order valence-electron chi connectivity index (χ4n) is 0.500. The number of aliphatic hydroxyl groups is 1. The van der Waals surface area contributed by atoms with E-state index < -0.39 is 0 Å². The van der Waals surface area contributed by atoms with Crippen molar-refractivity contribution in [3.63, 3.8) is 0 Å². The fraction of sp³-hybridized carbons (Fsp3) is 1.00. The summed E-state index contributed by atoms with van der Waals surface area (Å²) in [5, 5.41) is 7.00. The number of unbranched alkanes of at least 4 members (excludes halogenated alkanes) is 3. The van der Waals surface area contributed by atoms with Crippen molar-refractivity contribution in [1.82, 2.24) is 0 Å². The lowest BCUT2D eigenvalue weighted by molar-refractivity contribution is 0.399. The van der Waals surface area contributed by atoms with Crippen LogP contribution in [0.4, 0.5) is 0 Å². The third kappa shape index (κ3) is 72.0. The van der Waals surface area contributed by atoms with E-state index in [-0.39, 0.29) is 0 Å². The molecule has 0 aromatic rings. The number of rotatable bonds is 3. The second-order valence-corrected chi connectivity index (χ2v) is 2.41. The van der Waals surface area contributed by atoms with Gasteiger partial charge in [-0.1, -0.05) is 59.8 Å². The first-order chi connectivity index (χ1) is 5.33. The summed E-state index contributed by atoms with van der Waals surface area (Å²) >= 11 is 0. The molecule has 1 N–H and O–H groups in total. The van der Waals surface area contributed by atoms with Gasteiger partial charge in [-0.2, -0.15) is 0 Å². The molecule has 0 unspecified atom stereocenters. The molecule has 0 fully saturated rings. The molecule has 0 rings (SSSR count). The highest BCUT2D eigenvalue weighted by Gasteiger charge is 1.75. The van der Waals surface area contributed by atoms with Crippen molar-refractivity contribution >= 4 is 0 Å². The van der Waals surface area contributed by atoms with E-state index in [1.807, 2.05) is 0 Å². The quantitative estimate of drug-likeness (QED) is 0.628. The molecule has 0 aromatic heterocycles. The molecule has 0 spiro atoms. The van der Waals surface area contributed by atoms with Gasteiger partial charge in [0.05, 0.1) is 0 Å². The Kier molecular flexibility index (Phi) is 50.7. The molecular formula is C10H26O. The highest BCUT2D eigenvalue weighted by Crippen LogP contribution is 1.95. The van der Waals surface area contributed by atoms with Gasteiger partial charge in [0.2, 0.25) is 0 Å². The first-order valence-corrected chi connectivity index (χ1v) is 4.78. The number of hydrogen-bond donors (Lipinski definition) is 1. The summed E-state index contributed by atoms with van der Waals surface area (Å²) in [5.74, 6) is 0.